The molecular weight excluding hydrogens is 322 g/mol. The van der Waals surface area contributed by atoms with Gasteiger partial charge in [-0.1, -0.05) is 23.4 Å². The zero-order chi connectivity index (χ0) is 17.1. The summed E-state index contributed by atoms with van der Waals surface area (Å²) >= 11 is 1.61. The summed E-state index contributed by atoms with van der Waals surface area (Å²) in [5.74, 6) is 2.24. The SMILES string of the molecule is COc1c(C)cc(CN(C)Cc2nc(-c3cccs3)no2)cc1C. The summed E-state index contributed by atoms with van der Waals surface area (Å²) in [6.45, 7) is 5.56. The van der Waals surface area contributed by atoms with Gasteiger partial charge in [0, 0.05) is 6.54 Å². The number of aryl methyl sites for hydroxylation is 2. The molecule has 0 radical (unpaired) electrons. The van der Waals surface area contributed by atoms with Gasteiger partial charge in [-0.2, -0.15) is 4.98 Å². The number of aromatic nitrogens is 2. The van der Waals surface area contributed by atoms with Crippen LogP contribution in [-0.2, 0) is 13.1 Å². The van der Waals surface area contributed by atoms with Gasteiger partial charge in [-0.3, -0.25) is 4.90 Å². The number of benzene rings is 1. The number of nitrogens with zero attached hydrogens (tertiary/aromatic N) is 3. The molecule has 2 heterocycles. The highest BCUT2D eigenvalue weighted by Crippen LogP contribution is 2.25. The van der Waals surface area contributed by atoms with Crippen LogP contribution in [0, 0.1) is 13.8 Å². The lowest BCUT2D eigenvalue weighted by Crippen LogP contribution is -2.17. The average Bonchev–Trinajstić information content (AvgIpc) is 3.17. The van der Waals surface area contributed by atoms with E-state index in [1.807, 2.05) is 24.6 Å². The standard InChI is InChI=1S/C18H21N3O2S/c1-12-8-14(9-13(2)17(12)22-4)10-21(3)11-16-19-18(20-23-16)15-6-5-7-24-15/h5-9H,10-11H2,1-4H3. The van der Waals surface area contributed by atoms with Gasteiger partial charge in [0.1, 0.15) is 5.75 Å². The Morgan fingerprint density at radius 1 is 1.21 bits per heavy atom. The van der Waals surface area contributed by atoms with Crippen molar-refractivity contribution in [1.82, 2.24) is 15.0 Å². The predicted octanol–water partition coefficient (Wildman–Crippen LogP) is 4.06. The van der Waals surface area contributed by atoms with Crippen LogP contribution in [0.5, 0.6) is 5.75 Å². The second-order valence-electron chi connectivity index (χ2n) is 5.92. The number of rotatable bonds is 6. The minimum Gasteiger partial charge on any atom is -0.496 e. The minimum absolute atomic E-state index is 0.614. The summed E-state index contributed by atoms with van der Waals surface area (Å²) in [4.78, 5) is 7.65. The van der Waals surface area contributed by atoms with E-state index in [-0.39, 0.29) is 0 Å². The van der Waals surface area contributed by atoms with Gasteiger partial charge in [0.15, 0.2) is 0 Å². The topological polar surface area (TPSA) is 51.4 Å². The van der Waals surface area contributed by atoms with Crippen LogP contribution >= 0.6 is 11.3 Å². The molecule has 0 aliphatic heterocycles. The molecular formula is C18H21N3O2S. The van der Waals surface area contributed by atoms with Crippen LogP contribution in [0.3, 0.4) is 0 Å². The maximum Gasteiger partial charge on any atom is 0.241 e. The quantitative estimate of drug-likeness (QED) is 0.676. The van der Waals surface area contributed by atoms with Crippen molar-refractivity contribution in [3.05, 3.63) is 52.2 Å². The molecule has 0 N–H and O–H groups in total. The molecule has 2 aromatic heterocycles. The van der Waals surface area contributed by atoms with E-state index in [0.29, 0.717) is 18.3 Å². The summed E-state index contributed by atoms with van der Waals surface area (Å²) in [6, 6.07) is 8.29. The van der Waals surface area contributed by atoms with E-state index >= 15 is 0 Å². The van der Waals surface area contributed by atoms with Gasteiger partial charge >= 0.3 is 0 Å². The highest BCUT2D eigenvalue weighted by Gasteiger charge is 2.13. The molecule has 0 aliphatic rings. The first-order valence-corrected chi connectivity index (χ1v) is 8.64. The number of methoxy groups -OCH3 is 1. The van der Waals surface area contributed by atoms with Crippen LogP contribution in [0.25, 0.3) is 10.7 Å². The normalized spacial score (nSPS) is 11.2. The maximum absolute atomic E-state index is 5.42. The second kappa shape index (κ2) is 7.15. The molecule has 0 saturated heterocycles. The van der Waals surface area contributed by atoms with E-state index in [4.69, 9.17) is 9.26 Å². The predicted molar refractivity (Wildman–Crippen MR) is 95.3 cm³/mol. The van der Waals surface area contributed by atoms with Crippen molar-refractivity contribution in [3.63, 3.8) is 0 Å². The van der Waals surface area contributed by atoms with Gasteiger partial charge in [0.2, 0.25) is 11.7 Å². The molecule has 3 rings (SSSR count). The summed E-state index contributed by atoms with van der Waals surface area (Å²) < 4.78 is 10.8. The number of hydrogen-bond donors (Lipinski definition) is 0. The Labute approximate surface area is 145 Å². The molecule has 0 amide bonds. The molecule has 3 aromatic rings. The van der Waals surface area contributed by atoms with E-state index in [2.05, 4.69) is 41.0 Å². The molecule has 0 bridgehead atoms. The first kappa shape index (κ1) is 16.7. The molecule has 1 aromatic carbocycles. The van der Waals surface area contributed by atoms with Gasteiger partial charge in [-0.15, -0.1) is 11.3 Å². The Hall–Kier alpha value is -2.18. The van der Waals surface area contributed by atoms with E-state index < -0.39 is 0 Å². The molecule has 126 valence electrons. The van der Waals surface area contributed by atoms with Crippen molar-refractivity contribution >= 4 is 11.3 Å². The molecule has 0 unspecified atom stereocenters. The fourth-order valence-corrected chi connectivity index (χ4v) is 3.53. The molecule has 0 aliphatic carbocycles. The van der Waals surface area contributed by atoms with Crippen LogP contribution in [0.1, 0.15) is 22.6 Å². The lowest BCUT2D eigenvalue weighted by atomic mass is 10.1. The minimum atomic E-state index is 0.614. The van der Waals surface area contributed by atoms with Gasteiger partial charge < -0.3 is 9.26 Å². The Balaban J connectivity index is 1.67. The molecule has 0 fully saturated rings. The fraction of sp³-hybridized carbons (Fsp3) is 0.333. The van der Waals surface area contributed by atoms with Crippen LogP contribution in [0.2, 0.25) is 0 Å². The lowest BCUT2D eigenvalue weighted by Gasteiger charge is -2.17. The molecule has 24 heavy (non-hydrogen) atoms. The lowest BCUT2D eigenvalue weighted by molar-refractivity contribution is 0.260. The number of hydrogen-bond acceptors (Lipinski definition) is 6. The molecule has 0 saturated carbocycles. The summed E-state index contributed by atoms with van der Waals surface area (Å²) in [5, 5.41) is 6.06. The average molecular weight is 343 g/mol. The smallest absolute Gasteiger partial charge is 0.241 e. The number of ether oxygens (including phenoxy) is 1. The first-order chi connectivity index (χ1) is 11.6. The monoisotopic (exact) mass is 343 g/mol. The van der Waals surface area contributed by atoms with Crippen molar-refractivity contribution < 1.29 is 9.26 Å². The molecule has 0 atom stereocenters. The Morgan fingerprint density at radius 2 is 1.96 bits per heavy atom. The third kappa shape index (κ3) is 3.66. The second-order valence-corrected chi connectivity index (χ2v) is 6.87. The van der Waals surface area contributed by atoms with E-state index in [0.717, 1.165) is 28.3 Å². The third-order valence-electron chi connectivity index (χ3n) is 3.79. The van der Waals surface area contributed by atoms with Crippen molar-refractivity contribution in [3.8, 4) is 16.5 Å². The molecule has 6 heteroatoms. The van der Waals surface area contributed by atoms with Crippen LogP contribution in [0.4, 0.5) is 0 Å². The van der Waals surface area contributed by atoms with Crippen molar-refractivity contribution in [2.45, 2.75) is 26.9 Å². The highest BCUT2D eigenvalue weighted by atomic mass is 32.1. The van der Waals surface area contributed by atoms with Crippen LogP contribution < -0.4 is 4.74 Å². The van der Waals surface area contributed by atoms with Crippen molar-refractivity contribution in [2.75, 3.05) is 14.2 Å². The van der Waals surface area contributed by atoms with E-state index in [1.54, 1.807) is 18.4 Å². The van der Waals surface area contributed by atoms with E-state index in [9.17, 15) is 0 Å². The van der Waals surface area contributed by atoms with Crippen molar-refractivity contribution in [2.24, 2.45) is 0 Å². The summed E-state index contributed by atoms with van der Waals surface area (Å²) in [5.41, 5.74) is 3.55. The van der Waals surface area contributed by atoms with Gasteiger partial charge in [0.25, 0.3) is 0 Å². The summed E-state index contributed by atoms with van der Waals surface area (Å²) in [6.07, 6.45) is 0. The zero-order valence-electron chi connectivity index (χ0n) is 14.4. The van der Waals surface area contributed by atoms with E-state index in [1.165, 1.54) is 5.56 Å². The molecule has 0 spiro atoms. The Morgan fingerprint density at radius 3 is 2.58 bits per heavy atom. The summed E-state index contributed by atoms with van der Waals surface area (Å²) in [7, 11) is 3.76. The molecule has 5 nitrogen and oxygen atoms in total. The highest BCUT2D eigenvalue weighted by molar-refractivity contribution is 7.13. The van der Waals surface area contributed by atoms with Crippen LogP contribution in [0.15, 0.2) is 34.2 Å². The Bertz CT molecular complexity index is 789. The fourth-order valence-electron chi connectivity index (χ4n) is 2.88. The third-order valence-corrected chi connectivity index (χ3v) is 4.66. The van der Waals surface area contributed by atoms with Gasteiger partial charge in [-0.25, -0.2) is 0 Å². The maximum atomic E-state index is 5.42. The van der Waals surface area contributed by atoms with Crippen molar-refractivity contribution in [1.29, 1.82) is 0 Å². The Kier molecular flexibility index (Phi) is 4.97. The number of thiophene rings is 1. The van der Waals surface area contributed by atoms with Gasteiger partial charge in [-0.05, 0) is 49.0 Å². The van der Waals surface area contributed by atoms with Crippen LogP contribution in [-0.4, -0.2) is 29.2 Å². The first-order valence-electron chi connectivity index (χ1n) is 7.76. The largest absolute Gasteiger partial charge is 0.496 e. The zero-order valence-corrected chi connectivity index (χ0v) is 15.2. The van der Waals surface area contributed by atoms with Gasteiger partial charge in [0.05, 0.1) is 18.5 Å².